The summed E-state index contributed by atoms with van der Waals surface area (Å²) in [6.45, 7) is 1.81. The van der Waals surface area contributed by atoms with Gasteiger partial charge in [-0.1, -0.05) is 29.3 Å². The summed E-state index contributed by atoms with van der Waals surface area (Å²) in [5.74, 6) is 0.826. The van der Waals surface area contributed by atoms with Crippen LogP contribution in [0, 0.1) is 0 Å². The third-order valence-electron chi connectivity index (χ3n) is 2.89. The molecular formula is C16H17Cl2NO2. The lowest BCUT2D eigenvalue weighted by Gasteiger charge is -2.09. The first-order chi connectivity index (χ1) is 10.2. The first kappa shape index (κ1) is 16.0. The molecule has 2 aromatic carbocycles. The minimum absolute atomic E-state index is 0.548. The van der Waals surface area contributed by atoms with Crippen molar-refractivity contribution < 1.29 is 9.47 Å². The van der Waals surface area contributed by atoms with Gasteiger partial charge in [0.05, 0.1) is 16.7 Å². The lowest BCUT2D eigenvalue weighted by atomic mass is 10.2. The van der Waals surface area contributed by atoms with E-state index in [-0.39, 0.29) is 0 Å². The number of rotatable bonds is 7. The molecule has 5 heteroatoms. The second-order valence-corrected chi connectivity index (χ2v) is 5.28. The summed E-state index contributed by atoms with van der Waals surface area (Å²) in [7, 11) is 1.65. The Labute approximate surface area is 134 Å². The molecule has 3 nitrogen and oxygen atoms in total. The van der Waals surface area contributed by atoms with Crippen LogP contribution in [0.1, 0.15) is 5.56 Å². The summed E-state index contributed by atoms with van der Waals surface area (Å²) < 4.78 is 10.4. The topological polar surface area (TPSA) is 30.5 Å². The van der Waals surface area contributed by atoms with Crippen LogP contribution in [0.3, 0.4) is 0 Å². The molecule has 21 heavy (non-hydrogen) atoms. The second-order valence-electron chi connectivity index (χ2n) is 4.47. The lowest BCUT2D eigenvalue weighted by molar-refractivity contribution is 0.146. The van der Waals surface area contributed by atoms with Crippen molar-refractivity contribution in [1.29, 1.82) is 0 Å². The Balaban J connectivity index is 1.86. The van der Waals surface area contributed by atoms with Gasteiger partial charge < -0.3 is 14.8 Å². The van der Waals surface area contributed by atoms with E-state index in [0.717, 1.165) is 17.0 Å². The standard InChI is InChI=1S/C16H17Cl2NO2/c1-20-8-9-21-14-5-3-13(4-6-14)19-11-12-2-7-15(17)16(18)10-12/h2-7,10,19H,8-9,11H2,1H3. The molecule has 112 valence electrons. The monoisotopic (exact) mass is 325 g/mol. The highest BCUT2D eigenvalue weighted by Crippen LogP contribution is 2.23. The van der Waals surface area contributed by atoms with E-state index in [1.165, 1.54) is 0 Å². The Morgan fingerprint density at radius 1 is 0.952 bits per heavy atom. The highest BCUT2D eigenvalue weighted by atomic mass is 35.5. The molecule has 0 fully saturated rings. The van der Waals surface area contributed by atoms with Gasteiger partial charge >= 0.3 is 0 Å². The first-order valence-corrected chi connectivity index (χ1v) is 7.34. The van der Waals surface area contributed by atoms with E-state index in [4.69, 9.17) is 32.7 Å². The maximum Gasteiger partial charge on any atom is 0.119 e. The molecule has 0 spiro atoms. The molecule has 0 aliphatic heterocycles. The largest absolute Gasteiger partial charge is 0.491 e. The fourth-order valence-electron chi connectivity index (χ4n) is 1.77. The van der Waals surface area contributed by atoms with Crippen LogP contribution in [0.2, 0.25) is 10.0 Å². The predicted octanol–water partition coefficient (Wildman–Crippen LogP) is 4.63. The summed E-state index contributed by atoms with van der Waals surface area (Å²) in [5, 5.41) is 4.46. The quantitative estimate of drug-likeness (QED) is 0.753. The van der Waals surface area contributed by atoms with Crippen molar-refractivity contribution in [3.05, 3.63) is 58.1 Å². The SMILES string of the molecule is COCCOc1ccc(NCc2ccc(Cl)c(Cl)c2)cc1. The molecule has 0 aromatic heterocycles. The third kappa shape index (κ3) is 5.12. The lowest BCUT2D eigenvalue weighted by Crippen LogP contribution is -2.04. The van der Waals surface area contributed by atoms with Gasteiger partial charge in [-0.2, -0.15) is 0 Å². The van der Waals surface area contributed by atoms with Crippen LogP contribution in [0.15, 0.2) is 42.5 Å². The molecule has 0 saturated carbocycles. The van der Waals surface area contributed by atoms with E-state index in [1.54, 1.807) is 13.2 Å². The zero-order valence-corrected chi connectivity index (χ0v) is 13.2. The molecule has 0 saturated heterocycles. The molecule has 0 bridgehead atoms. The van der Waals surface area contributed by atoms with Crippen molar-refractivity contribution >= 4 is 28.9 Å². The van der Waals surface area contributed by atoms with E-state index in [9.17, 15) is 0 Å². The van der Waals surface area contributed by atoms with E-state index in [2.05, 4.69) is 5.32 Å². The van der Waals surface area contributed by atoms with Gasteiger partial charge in [0, 0.05) is 19.3 Å². The molecule has 2 aromatic rings. The van der Waals surface area contributed by atoms with Crippen LogP contribution in [0.4, 0.5) is 5.69 Å². The number of nitrogens with one attached hydrogen (secondary N) is 1. The average molecular weight is 326 g/mol. The Kier molecular flexibility index (Phi) is 6.18. The molecular weight excluding hydrogens is 309 g/mol. The number of ether oxygens (including phenoxy) is 2. The van der Waals surface area contributed by atoms with Gasteiger partial charge in [0.1, 0.15) is 12.4 Å². The average Bonchev–Trinajstić information content (AvgIpc) is 2.50. The Bertz CT molecular complexity index is 573. The first-order valence-electron chi connectivity index (χ1n) is 6.58. The van der Waals surface area contributed by atoms with Crippen LogP contribution in [-0.4, -0.2) is 20.3 Å². The second kappa shape index (κ2) is 8.13. The molecule has 0 aliphatic rings. The highest BCUT2D eigenvalue weighted by Gasteiger charge is 2.00. The Morgan fingerprint density at radius 2 is 1.71 bits per heavy atom. The number of hydrogen-bond donors (Lipinski definition) is 1. The maximum atomic E-state index is 5.99. The van der Waals surface area contributed by atoms with Crippen LogP contribution >= 0.6 is 23.2 Å². The van der Waals surface area contributed by atoms with E-state index < -0.39 is 0 Å². The zero-order valence-electron chi connectivity index (χ0n) is 11.7. The summed E-state index contributed by atoms with van der Waals surface area (Å²) in [4.78, 5) is 0. The molecule has 0 radical (unpaired) electrons. The van der Waals surface area contributed by atoms with Crippen LogP contribution in [0.25, 0.3) is 0 Å². The van der Waals surface area contributed by atoms with Crippen molar-refractivity contribution in [2.45, 2.75) is 6.54 Å². The van der Waals surface area contributed by atoms with Gasteiger partial charge in [-0.05, 0) is 42.0 Å². The van der Waals surface area contributed by atoms with Gasteiger partial charge in [0.2, 0.25) is 0 Å². The third-order valence-corrected chi connectivity index (χ3v) is 3.63. The normalized spacial score (nSPS) is 10.4. The summed E-state index contributed by atoms with van der Waals surface area (Å²) in [5.41, 5.74) is 2.09. The molecule has 1 N–H and O–H groups in total. The maximum absolute atomic E-state index is 5.99. The van der Waals surface area contributed by atoms with Gasteiger partial charge in [0.15, 0.2) is 0 Å². The summed E-state index contributed by atoms with van der Waals surface area (Å²) in [6.07, 6.45) is 0. The predicted molar refractivity (Wildman–Crippen MR) is 87.6 cm³/mol. The number of anilines is 1. The van der Waals surface area contributed by atoms with Crippen LogP contribution < -0.4 is 10.1 Å². The van der Waals surface area contributed by atoms with Crippen molar-refractivity contribution in [3.8, 4) is 5.75 Å². The van der Waals surface area contributed by atoms with Crippen molar-refractivity contribution in [3.63, 3.8) is 0 Å². The molecule has 0 aliphatic carbocycles. The summed E-state index contributed by atoms with van der Waals surface area (Å²) in [6, 6.07) is 13.4. The number of benzene rings is 2. The van der Waals surface area contributed by atoms with Crippen molar-refractivity contribution in [2.24, 2.45) is 0 Å². The van der Waals surface area contributed by atoms with Gasteiger partial charge in [-0.15, -0.1) is 0 Å². The molecule has 2 rings (SSSR count). The number of hydrogen-bond acceptors (Lipinski definition) is 3. The van der Waals surface area contributed by atoms with Gasteiger partial charge in [0.25, 0.3) is 0 Å². The fourth-order valence-corrected chi connectivity index (χ4v) is 2.09. The van der Waals surface area contributed by atoms with E-state index in [1.807, 2.05) is 36.4 Å². The summed E-state index contributed by atoms with van der Waals surface area (Å²) >= 11 is 11.9. The highest BCUT2D eigenvalue weighted by molar-refractivity contribution is 6.42. The molecule has 0 heterocycles. The van der Waals surface area contributed by atoms with E-state index >= 15 is 0 Å². The van der Waals surface area contributed by atoms with Gasteiger partial charge in [-0.3, -0.25) is 0 Å². The minimum atomic E-state index is 0.548. The number of halogens is 2. The molecule has 0 amide bonds. The minimum Gasteiger partial charge on any atom is -0.491 e. The van der Waals surface area contributed by atoms with Crippen molar-refractivity contribution in [1.82, 2.24) is 0 Å². The van der Waals surface area contributed by atoms with Crippen LogP contribution in [0.5, 0.6) is 5.75 Å². The zero-order chi connectivity index (χ0) is 15.1. The molecule has 0 unspecified atom stereocenters. The van der Waals surface area contributed by atoms with Gasteiger partial charge in [-0.25, -0.2) is 0 Å². The smallest absolute Gasteiger partial charge is 0.119 e. The van der Waals surface area contributed by atoms with Crippen molar-refractivity contribution in [2.75, 3.05) is 25.6 Å². The fraction of sp³-hybridized carbons (Fsp3) is 0.250. The van der Waals surface area contributed by atoms with Crippen LogP contribution in [-0.2, 0) is 11.3 Å². The Morgan fingerprint density at radius 3 is 2.38 bits per heavy atom. The Hall–Kier alpha value is -1.42. The number of methoxy groups -OCH3 is 1. The van der Waals surface area contributed by atoms with E-state index in [0.29, 0.717) is 29.8 Å². The molecule has 0 atom stereocenters.